The van der Waals surface area contributed by atoms with Crippen LogP contribution in [0.4, 0.5) is 11.4 Å². The number of nitrogens with zero attached hydrogens (tertiary/aromatic N) is 2. The molecule has 3 heterocycles. The molecule has 1 saturated heterocycles. The van der Waals surface area contributed by atoms with Crippen LogP contribution in [0.5, 0.6) is 0 Å². The first-order valence-corrected chi connectivity index (χ1v) is 12.5. The van der Waals surface area contributed by atoms with E-state index in [1.807, 2.05) is 18.2 Å². The third kappa shape index (κ3) is 4.45. The second kappa shape index (κ2) is 9.45. The summed E-state index contributed by atoms with van der Waals surface area (Å²) >= 11 is 0. The molecule has 0 bridgehead atoms. The Labute approximate surface area is 205 Å². The van der Waals surface area contributed by atoms with Crippen molar-refractivity contribution in [1.29, 1.82) is 0 Å². The largest absolute Gasteiger partial charge is 0.381 e. The zero-order valence-corrected chi connectivity index (χ0v) is 20.3. The lowest BCUT2D eigenvalue weighted by Gasteiger charge is -2.32. The summed E-state index contributed by atoms with van der Waals surface area (Å²) in [4.78, 5) is 39.3. The summed E-state index contributed by atoms with van der Waals surface area (Å²) in [6.07, 6.45) is 6.71. The van der Waals surface area contributed by atoms with Crippen molar-refractivity contribution in [3.63, 3.8) is 0 Å². The summed E-state index contributed by atoms with van der Waals surface area (Å²) in [5.41, 5.74) is 2.16. The van der Waals surface area contributed by atoms with Crippen LogP contribution in [0.25, 0.3) is 0 Å². The van der Waals surface area contributed by atoms with Crippen molar-refractivity contribution >= 4 is 29.1 Å². The van der Waals surface area contributed by atoms with E-state index in [1.165, 1.54) is 4.68 Å². The maximum absolute atomic E-state index is 13.5. The molecule has 9 nitrogen and oxygen atoms in total. The Hall–Kier alpha value is -3.20. The van der Waals surface area contributed by atoms with Crippen molar-refractivity contribution in [3.8, 4) is 0 Å². The summed E-state index contributed by atoms with van der Waals surface area (Å²) in [6.45, 7) is 3.34. The van der Waals surface area contributed by atoms with Gasteiger partial charge in [-0.15, -0.1) is 0 Å². The Morgan fingerprint density at radius 3 is 2.60 bits per heavy atom. The smallest absolute Gasteiger partial charge is 0.270 e. The van der Waals surface area contributed by atoms with Gasteiger partial charge in [-0.2, -0.15) is 5.10 Å². The molecule has 1 atom stereocenters. The van der Waals surface area contributed by atoms with E-state index in [-0.39, 0.29) is 23.6 Å². The van der Waals surface area contributed by atoms with Crippen LogP contribution in [-0.4, -0.2) is 46.8 Å². The zero-order valence-electron chi connectivity index (χ0n) is 20.3. The molecule has 2 aliphatic heterocycles. The molecule has 1 spiro atoms. The average molecular weight is 480 g/mol. The molecule has 1 aromatic heterocycles. The third-order valence-corrected chi connectivity index (χ3v) is 7.99. The molecule has 1 aromatic carbocycles. The molecule has 1 unspecified atom stereocenters. The molecule has 3 N–H and O–H groups in total. The number of rotatable bonds is 5. The van der Waals surface area contributed by atoms with Crippen molar-refractivity contribution in [2.45, 2.75) is 56.9 Å². The van der Waals surface area contributed by atoms with Gasteiger partial charge in [0.05, 0.1) is 5.41 Å². The van der Waals surface area contributed by atoms with E-state index in [9.17, 15) is 14.4 Å². The van der Waals surface area contributed by atoms with Crippen LogP contribution in [0, 0.1) is 11.8 Å². The molecule has 2 fully saturated rings. The van der Waals surface area contributed by atoms with Gasteiger partial charge in [0, 0.05) is 37.8 Å². The fraction of sp³-hybridized carbons (Fsp3) is 0.538. The molecule has 35 heavy (non-hydrogen) atoms. The molecular weight excluding hydrogens is 446 g/mol. The van der Waals surface area contributed by atoms with E-state index in [1.54, 1.807) is 19.3 Å². The van der Waals surface area contributed by atoms with E-state index >= 15 is 0 Å². The number of aromatic nitrogens is 2. The normalized spacial score (nSPS) is 23.9. The number of fused-ring (bicyclic) bond motifs is 2. The Bertz CT molecular complexity index is 1130. The topological polar surface area (TPSA) is 114 Å². The van der Waals surface area contributed by atoms with Gasteiger partial charge < -0.3 is 20.7 Å². The molecule has 186 valence electrons. The number of ether oxygens (including phenoxy) is 1. The van der Waals surface area contributed by atoms with Crippen molar-refractivity contribution < 1.29 is 19.1 Å². The highest BCUT2D eigenvalue weighted by Crippen LogP contribution is 2.45. The molecular formula is C26H33N5O4. The lowest BCUT2D eigenvalue weighted by molar-refractivity contribution is -0.124. The van der Waals surface area contributed by atoms with Gasteiger partial charge in [0.15, 0.2) is 0 Å². The number of carbonyl (C=O) groups is 3. The maximum Gasteiger partial charge on any atom is 0.270 e. The first-order chi connectivity index (χ1) is 16.9. The SMILES string of the molecule is CC1CCC(C(NC(=O)c2ccnn2C)C(=O)Nc2ccc3c(c2)NC(=O)C32CCOCC2)CC1. The van der Waals surface area contributed by atoms with Gasteiger partial charge in [0.1, 0.15) is 11.7 Å². The molecule has 1 aliphatic carbocycles. The Morgan fingerprint density at radius 2 is 1.91 bits per heavy atom. The van der Waals surface area contributed by atoms with Crippen LogP contribution < -0.4 is 16.0 Å². The maximum atomic E-state index is 13.5. The van der Waals surface area contributed by atoms with Gasteiger partial charge >= 0.3 is 0 Å². The summed E-state index contributed by atoms with van der Waals surface area (Å²) in [7, 11) is 1.70. The average Bonchev–Trinajstić information content (AvgIpc) is 3.39. The number of hydrogen-bond donors (Lipinski definition) is 3. The molecule has 9 heteroatoms. The van der Waals surface area contributed by atoms with Crippen LogP contribution in [0.3, 0.4) is 0 Å². The monoisotopic (exact) mass is 479 g/mol. The van der Waals surface area contributed by atoms with Gasteiger partial charge in [0.2, 0.25) is 11.8 Å². The Kier molecular flexibility index (Phi) is 6.35. The highest BCUT2D eigenvalue weighted by Gasteiger charge is 2.47. The Balaban J connectivity index is 1.35. The van der Waals surface area contributed by atoms with Crippen LogP contribution in [-0.2, 0) is 26.8 Å². The molecule has 0 radical (unpaired) electrons. The summed E-state index contributed by atoms with van der Waals surface area (Å²) in [6, 6.07) is 6.58. The minimum absolute atomic E-state index is 0.00285. The second-order valence-electron chi connectivity index (χ2n) is 10.2. The first kappa shape index (κ1) is 23.5. The van der Waals surface area contributed by atoms with Gasteiger partial charge in [0.25, 0.3) is 5.91 Å². The number of carbonyl (C=O) groups excluding carboxylic acids is 3. The van der Waals surface area contributed by atoms with Crippen LogP contribution in [0.1, 0.15) is 61.5 Å². The third-order valence-electron chi connectivity index (χ3n) is 7.99. The first-order valence-electron chi connectivity index (χ1n) is 12.5. The number of benzene rings is 1. The van der Waals surface area contributed by atoms with Gasteiger partial charge in [-0.05, 0) is 61.3 Å². The van der Waals surface area contributed by atoms with Gasteiger partial charge in [-0.3, -0.25) is 19.1 Å². The van der Waals surface area contributed by atoms with Gasteiger partial charge in [-0.25, -0.2) is 0 Å². The molecule has 5 rings (SSSR count). The quantitative estimate of drug-likeness (QED) is 0.610. The minimum atomic E-state index is -0.658. The summed E-state index contributed by atoms with van der Waals surface area (Å²) in [5.74, 6) is 0.122. The van der Waals surface area contributed by atoms with Crippen molar-refractivity contribution in [3.05, 3.63) is 41.7 Å². The lowest BCUT2D eigenvalue weighted by atomic mass is 9.75. The van der Waals surface area contributed by atoms with Gasteiger partial charge in [-0.1, -0.05) is 25.8 Å². The highest BCUT2D eigenvalue weighted by atomic mass is 16.5. The predicted molar refractivity (Wildman–Crippen MR) is 131 cm³/mol. The summed E-state index contributed by atoms with van der Waals surface area (Å²) in [5, 5.41) is 13.0. The second-order valence-corrected chi connectivity index (χ2v) is 10.2. The van der Waals surface area contributed by atoms with E-state index in [0.717, 1.165) is 36.9 Å². The van der Waals surface area contributed by atoms with E-state index in [4.69, 9.17) is 4.74 Å². The predicted octanol–water partition coefficient (Wildman–Crippen LogP) is 2.98. The number of amides is 3. The standard InChI is InChI=1S/C26H33N5O4/c1-16-3-5-17(6-4-16)22(30-23(32)21-9-12-27-31(21)2)24(33)28-18-7-8-19-20(15-18)29-25(34)26(19)10-13-35-14-11-26/h7-9,12,15-17,22H,3-6,10-11,13-14H2,1-2H3,(H,28,33)(H,29,34)(H,30,32). The van der Waals surface area contributed by atoms with E-state index in [0.29, 0.717) is 43.4 Å². The fourth-order valence-electron chi connectivity index (χ4n) is 5.77. The van der Waals surface area contributed by atoms with Crippen LogP contribution in [0.2, 0.25) is 0 Å². The number of hydrogen-bond acceptors (Lipinski definition) is 5. The van der Waals surface area contributed by atoms with E-state index in [2.05, 4.69) is 28.0 Å². The lowest BCUT2D eigenvalue weighted by Crippen LogP contribution is -2.49. The fourth-order valence-corrected chi connectivity index (χ4v) is 5.77. The molecule has 1 saturated carbocycles. The zero-order chi connectivity index (χ0) is 24.6. The van der Waals surface area contributed by atoms with Crippen LogP contribution in [0.15, 0.2) is 30.5 Å². The Morgan fingerprint density at radius 1 is 1.17 bits per heavy atom. The van der Waals surface area contributed by atoms with Crippen LogP contribution >= 0.6 is 0 Å². The molecule has 3 aliphatic rings. The highest BCUT2D eigenvalue weighted by molar-refractivity contribution is 6.07. The summed E-state index contributed by atoms with van der Waals surface area (Å²) < 4.78 is 6.98. The minimum Gasteiger partial charge on any atom is -0.381 e. The number of nitrogens with one attached hydrogen (secondary N) is 3. The molecule has 3 amide bonds. The van der Waals surface area contributed by atoms with Crippen molar-refractivity contribution in [2.75, 3.05) is 23.8 Å². The van der Waals surface area contributed by atoms with Crippen molar-refractivity contribution in [1.82, 2.24) is 15.1 Å². The number of aryl methyl sites for hydroxylation is 1. The number of anilines is 2. The van der Waals surface area contributed by atoms with Crippen molar-refractivity contribution in [2.24, 2.45) is 18.9 Å². The van der Waals surface area contributed by atoms with E-state index < -0.39 is 11.5 Å². The molecule has 2 aromatic rings.